The van der Waals surface area contributed by atoms with E-state index >= 15 is 0 Å². The molecule has 3 N–H and O–H groups in total. The molecule has 0 aliphatic rings. The maximum Gasteiger partial charge on any atom is 0.237 e. The monoisotopic (exact) mass is 322 g/mol. The molecule has 1 amide bonds. The number of anilines is 2. The highest BCUT2D eigenvalue weighted by Gasteiger charge is 2.11. The second-order valence-corrected chi connectivity index (χ2v) is 6.46. The summed E-state index contributed by atoms with van der Waals surface area (Å²) in [5.41, 5.74) is 7.81. The number of aryl methyl sites for hydroxylation is 1. The molecule has 1 atom stereocenters. The lowest BCUT2D eigenvalue weighted by molar-refractivity contribution is -0.113. The summed E-state index contributed by atoms with van der Waals surface area (Å²) in [6.45, 7) is 1.85. The van der Waals surface area contributed by atoms with Gasteiger partial charge in [0.2, 0.25) is 5.91 Å². The Morgan fingerprint density at radius 2 is 2.05 bits per heavy atom. The van der Waals surface area contributed by atoms with Crippen LogP contribution >= 0.6 is 11.6 Å². The number of nitrogens with two attached hydrogens (primary N) is 1. The standard InChI is InChI=1S/C15H15ClN2O2S/c1-10-7-12(17)5-6-14(10)18-15(19)9-21(20)13-4-2-3-11(16)8-13/h2-8H,9,17H2,1H3,(H,18,19). The molecule has 2 aromatic carbocycles. The van der Waals surface area contributed by atoms with Gasteiger partial charge in [-0.3, -0.25) is 9.00 Å². The number of carbonyl (C=O) groups is 1. The summed E-state index contributed by atoms with van der Waals surface area (Å²) >= 11 is 5.84. The van der Waals surface area contributed by atoms with E-state index in [4.69, 9.17) is 17.3 Å². The Morgan fingerprint density at radius 3 is 2.71 bits per heavy atom. The van der Waals surface area contributed by atoms with Gasteiger partial charge in [-0.1, -0.05) is 17.7 Å². The third-order valence-corrected chi connectivity index (χ3v) is 4.38. The zero-order valence-corrected chi connectivity index (χ0v) is 13.0. The number of nitrogen functional groups attached to an aromatic ring is 1. The molecule has 0 aliphatic heterocycles. The van der Waals surface area contributed by atoms with Crippen LogP contribution in [0.3, 0.4) is 0 Å². The van der Waals surface area contributed by atoms with Crippen LogP contribution in [-0.4, -0.2) is 15.9 Å². The summed E-state index contributed by atoms with van der Waals surface area (Å²) in [6, 6.07) is 11.9. The summed E-state index contributed by atoms with van der Waals surface area (Å²) < 4.78 is 12.1. The Kier molecular flexibility index (Phi) is 4.98. The van der Waals surface area contributed by atoms with E-state index in [9.17, 15) is 9.00 Å². The van der Waals surface area contributed by atoms with Crippen molar-refractivity contribution < 1.29 is 9.00 Å². The van der Waals surface area contributed by atoms with Gasteiger partial charge in [0.15, 0.2) is 0 Å². The first-order chi connectivity index (χ1) is 9.95. The maximum absolute atomic E-state index is 12.1. The van der Waals surface area contributed by atoms with Crippen LogP contribution in [0.15, 0.2) is 47.4 Å². The van der Waals surface area contributed by atoms with Gasteiger partial charge in [-0.05, 0) is 48.9 Å². The molecule has 6 heteroatoms. The lowest BCUT2D eigenvalue weighted by Gasteiger charge is -2.09. The summed E-state index contributed by atoms with van der Waals surface area (Å²) in [5.74, 6) is -0.439. The van der Waals surface area contributed by atoms with Crippen LogP contribution in [0, 0.1) is 6.92 Å². The van der Waals surface area contributed by atoms with Gasteiger partial charge in [-0.25, -0.2) is 0 Å². The largest absolute Gasteiger partial charge is 0.399 e. The normalized spacial score (nSPS) is 11.9. The molecule has 0 saturated heterocycles. The first-order valence-corrected chi connectivity index (χ1v) is 7.95. The molecule has 0 bridgehead atoms. The zero-order chi connectivity index (χ0) is 15.4. The number of rotatable bonds is 4. The van der Waals surface area contributed by atoms with Crippen molar-refractivity contribution in [3.63, 3.8) is 0 Å². The number of benzene rings is 2. The van der Waals surface area contributed by atoms with Crippen molar-refractivity contribution >= 4 is 39.7 Å². The van der Waals surface area contributed by atoms with E-state index in [2.05, 4.69) is 5.32 Å². The van der Waals surface area contributed by atoms with Gasteiger partial charge >= 0.3 is 0 Å². The number of nitrogens with one attached hydrogen (secondary N) is 1. The fraction of sp³-hybridized carbons (Fsp3) is 0.133. The van der Waals surface area contributed by atoms with Crippen LogP contribution in [0.4, 0.5) is 11.4 Å². The number of amides is 1. The molecular weight excluding hydrogens is 308 g/mol. The Hall–Kier alpha value is -1.85. The van der Waals surface area contributed by atoms with E-state index in [1.54, 1.807) is 42.5 Å². The Bertz CT molecular complexity index is 704. The predicted molar refractivity (Wildman–Crippen MR) is 86.9 cm³/mol. The van der Waals surface area contributed by atoms with Gasteiger partial charge in [0.1, 0.15) is 5.75 Å². The van der Waals surface area contributed by atoms with Gasteiger partial charge < -0.3 is 11.1 Å². The van der Waals surface area contributed by atoms with Gasteiger partial charge in [-0.15, -0.1) is 0 Å². The molecule has 0 heterocycles. The van der Waals surface area contributed by atoms with Crippen LogP contribution in [0.2, 0.25) is 5.02 Å². The molecule has 0 saturated carbocycles. The highest BCUT2D eigenvalue weighted by atomic mass is 35.5. The number of carbonyl (C=O) groups excluding carboxylic acids is 1. The molecule has 110 valence electrons. The van der Waals surface area contributed by atoms with Crippen molar-refractivity contribution in [1.82, 2.24) is 0 Å². The fourth-order valence-corrected chi connectivity index (χ4v) is 3.05. The average molecular weight is 323 g/mol. The molecule has 21 heavy (non-hydrogen) atoms. The molecule has 1 unspecified atom stereocenters. The number of hydrogen-bond acceptors (Lipinski definition) is 3. The molecule has 0 spiro atoms. The van der Waals surface area contributed by atoms with Crippen LogP contribution < -0.4 is 11.1 Å². The number of hydrogen-bond donors (Lipinski definition) is 2. The van der Waals surface area contributed by atoms with E-state index in [1.807, 2.05) is 6.92 Å². The molecule has 0 radical (unpaired) electrons. The van der Waals surface area contributed by atoms with Crippen LogP contribution in [0.25, 0.3) is 0 Å². The van der Waals surface area contributed by atoms with Crippen LogP contribution in [-0.2, 0) is 15.6 Å². The first kappa shape index (κ1) is 15.5. The Morgan fingerprint density at radius 1 is 1.29 bits per heavy atom. The Balaban J connectivity index is 2.03. The van der Waals surface area contributed by atoms with E-state index < -0.39 is 10.8 Å². The van der Waals surface area contributed by atoms with Gasteiger partial charge in [0.05, 0.1) is 10.8 Å². The van der Waals surface area contributed by atoms with Crippen LogP contribution in [0.5, 0.6) is 0 Å². The summed E-state index contributed by atoms with van der Waals surface area (Å²) in [5, 5.41) is 3.23. The molecule has 4 nitrogen and oxygen atoms in total. The second-order valence-electron chi connectivity index (χ2n) is 4.57. The zero-order valence-electron chi connectivity index (χ0n) is 11.4. The average Bonchev–Trinajstić information content (AvgIpc) is 2.42. The lowest BCUT2D eigenvalue weighted by atomic mass is 10.2. The summed E-state index contributed by atoms with van der Waals surface area (Å²) in [6.07, 6.45) is 0. The van der Waals surface area contributed by atoms with Crippen molar-refractivity contribution in [2.45, 2.75) is 11.8 Å². The molecule has 0 aliphatic carbocycles. The van der Waals surface area contributed by atoms with Crippen LogP contribution in [0.1, 0.15) is 5.56 Å². The molecule has 2 aromatic rings. The van der Waals surface area contributed by atoms with Crippen molar-refractivity contribution in [1.29, 1.82) is 0 Å². The van der Waals surface area contributed by atoms with E-state index in [0.29, 0.717) is 21.3 Å². The quantitative estimate of drug-likeness (QED) is 0.850. The van der Waals surface area contributed by atoms with Crippen molar-refractivity contribution in [2.24, 2.45) is 0 Å². The third-order valence-electron chi connectivity index (χ3n) is 2.85. The topological polar surface area (TPSA) is 72.2 Å². The smallest absolute Gasteiger partial charge is 0.237 e. The van der Waals surface area contributed by atoms with E-state index in [-0.39, 0.29) is 11.7 Å². The minimum absolute atomic E-state index is 0.121. The highest BCUT2D eigenvalue weighted by Crippen LogP contribution is 2.18. The summed E-state index contributed by atoms with van der Waals surface area (Å²) in [4.78, 5) is 12.5. The SMILES string of the molecule is Cc1cc(N)ccc1NC(=O)CS(=O)c1cccc(Cl)c1. The molecular formula is C15H15ClN2O2S. The second kappa shape index (κ2) is 6.74. The predicted octanol–water partition coefficient (Wildman–Crippen LogP) is 2.98. The molecule has 2 rings (SSSR count). The lowest BCUT2D eigenvalue weighted by Crippen LogP contribution is -2.20. The van der Waals surface area contributed by atoms with Crippen molar-refractivity contribution in [3.05, 3.63) is 53.1 Å². The third kappa shape index (κ3) is 4.31. The van der Waals surface area contributed by atoms with Crippen molar-refractivity contribution in [2.75, 3.05) is 16.8 Å². The minimum Gasteiger partial charge on any atom is -0.399 e. The minimum atomic E-state index is -1.43. The Labute approximate surface area is 130 Å². The molecule has 0 aromatic heterocycles. The van der Waals surface area contributed by atoms with Gasteiger partial charge in [0, 0.05) is 21.3 Å². The van der Waals surface area contributed by atoms with E-state index in [0.717, 1.165) is 5.56 Å². The molecule has 0 fully saturated rings. The van der Waals surface area contributed by atoms with Gasteiger partial charge in [0.25, 0.3) is 0 Å². The summed E-state index contributed by atoms with van der Waals surface area (Å²) in [7, 11) is -1.43. The van der Waals surface area contributed by atoms with E-state index in [1.165, 1.54) is 0 Å². The van der Waals surface area contributed by atoms with Gasteiger partial charge in [-0.2, -0.15) is 0 Å². The number of halogens is 1. The fourth-order valence-electron chi connectivity index (χ4n) is 1.82. The van der Waals surface area contributed by atoms with Crippen molar-refractivity contribution in [3.8, 4) is 0 Å². The highest BCUT2D eigenvalue weighted by molar-refractivity contribution is 7.85. The first-order valence-electron chi connectivity index (χ1n) is 6.25. The maximum atomic E-state index is 12.1.